The highest BCUT2D eigenvalue weighted by atomic mass is 16.4. The number of aliphatic hydroxyl groups excluding tert-OH is 24. The van der Waals surface area contributed by atoms with E-state index in [2.05, 4.69) is 0 Å². The van der Waals surface area contributed by atoms with Crippen molar-refractivity contribution in [2.45, 2.75) is 110 Å². The van der Waals surface area contributed by atoms with Gasteiger partial charge in [-0.25, -0.2) is 0 Å². The molecule has 30 heteroatoms. The van der Waals surface area contributed by atoms with Crippen LogP contribution < -0.4 is 0 Å². The molecule has 0 aliphatic heterocycles. The molecule has 0 rings (SSSR count). The van der Waals surface area contributed by atoms with Crippen molar-refractivity contribution < 1.29 is 151 Å². The van der Waals surface area contributed by atoms with Crippen LogP contribution in [0.25, 0.3) is 0 Å². The van der Waals surface area contributed by atoms with Crippen molar-refractivity contribution in [1.29, 1.82) is 0 Å². The van der Waals surface area contributed by atoms with Crippen molar-refractivity contribution in [3.63, 3.8) is 0 Å². The fourth-order valence-corrected chi connectivity index (χ4v) is 2.48. The summed E-state index contributed by atoms with van der Waals surface area (Å²) in [7, 11) is 0. The molecule has 0 saturated heterocycles. The zero-order valence-corrected chi connectivity index (χ0v) is 31.3. The quantitative estimate of drug-likeness (QED) is 0.0400. The van der Waals surface area contributed by atoms with Crippen molar-refractivity contribution >= 4 is 37.7 Å². The molecule has 0 amide bonds. The summed E-state index contributed by atoms with van der Waals surface area (Å²) in [5.74, 6) is 0. The molecule has 0 bridgehead atoms. The molecule has 24 N–H and O–H groups in total. The lowest BCUT2D eigenvalue weighted by molar-refractivity contribution is -0.136. The Morgan fingerprint density at radius 3 is 0.500 bits per heavy atom. The number of carbonyl (C=O) groups is 6. The van der Waals surface area contributed by atoms with Gasteiger partial charge in [0, 0.05) is 0 Å². The third-order valence-corrected chi connectivity index (χ3v) is 6.42. The van der Waals surface area contributed by atoms with Crippen molar-refractivity contribution in [2.75, 3.05) is 39.6 Å². The average Bonchev–Trinajstić information content (AvgIpc) is 3.29. The van der Waals surface area contributed by atoms with E-state index in [-0.39, 0.29) is 37.7 Å². The summed E-state index contributed by atoms with van der Waals surface area (Å²) in [6.45, 7) is -4.11. The molecular weight excluding hydrogens is 840 g/mol. The molecule has 360 valence electrons. The van der Waals surface area contributed by atoms with E-state index in [0.29, 0.717) is 0 Å². The van der Waals surface area contributed by atoms with Gasteiger partial charge >= 0.3 is 0 Å². The van der Waals surface area contributed by atoms with Crippen LogP contribution in [0.2, 0.25) is 0 Å². The molecule has 30 nitrogen and oxygen atoms in total. The Bertz CT molecular complexity index is 925. The minimum absolute atomic E-state index is 0.0258. The van der Waals surface area contributed by atoms with Crippen LogP contribution in [0.3, 0.4) is 0 Å². The molecule has 0 aromatic heterocycles. The Morgan fingerprint density at radius 1 is 0.217 bits per heavy atom. The second kappa shape index (κ2) is 42.7. The van der Waals surface area contributed by atoms with E-state index in [1.165, 1.54) is 0 Å². The van der Waals surface area contributed by atoms with Crippen LogP contribution in [-0.2, 0) is 28.8 Å². The summed E-state index contributed by atoms with van der Waals surface area (Å²) in [4.78, 5) is 58.5. The normalized spacial score (nSPS) is 19.6. The van der Waals surface area contributed by atoms with Gasteiger partial charge in [0.05, 0.1) is 39.6 Å². The molecule has 0 aliphatic carbocycles. The van der Waals surface area contributed by atoms with Crippen LogP contribution in [0.1, 0.15) is 0 Å². The first-order valence-electron chi connectivity index (χ1n) is 16.4. The molecule has 60 heavy (non-hydrogen) atoms. The first kappa shape index (κ1) is 68.8. The van der Waals surface area contributed by atoms with E-state index in [9.17, 15) is 28.8 Å². The summed E-state index contributed by atoms with van der Waals surface area (Å²) in [5, 5.41) is 205. The van der Waals surface area contributed by atoms with Crippen molar-refractivity contribution in [3.8, 4) is 0 Å². The van der Waals surface area contributed by atoms with Gasteiger partial charge in [-0.15, -0.1) is 0 Å². The number of hydrogen-bond donors (Lipinski definition) is 24. The molecule has 0 aromatic rings. The molecule has 0 heterocycles. The van der Waals surface area contributed by atoms with Gasteiger partial charge in [-0.2, -0.15) is 0 Å². The smallest absolute Gasteiger partial charge is 0.151 e. The Morgan fingerprint density at radius 2 is 0.367 bits per heavy atom. The number of rotatable bonds is 24. The second-order valence-corrected chi connectivity index (χ2v) is 11.2. The first-order chi connectivity index (χ1) is 27.8. The van der Waals surface area contributed by atoms with Crippen LogP contribution in [0.15, 0.2) is 0 Å². The average molecular weight is 901 g/mol. The summed E-state index contributed by atoms with van der Waals surface area (Å²) in [5.41, 5.74) is 0. The maximum atomic E-state index is 9.90. The van der Waals surface area contributed by atoms with E-state index in [4.69, 9.17) is 123 Å². The van der Waals surface area contributed by atoms with E-state index < -0.39 is 150 Å². The van der Waals surface area contributed by atoms with Crippen LogP contribution in [0.4, 0.5) is 0 Å². The summed E-state index contributed by atoms with van der Waals surface area (Å²) in [6, 6.07) is 0. The topological polar surface area (TPSA) is 588 Å². The number of carbonyl (C=O) groups excluding carboxylic acids is 6. The van der Waals surface area contributed by atoms with E-state index in [1.54, 1.807) is 0 Å². The maximum absolute atomic E-state index is 9.90. The zero-order chi connectivity index (χ0) is 48.9. The highest BCUT2D eigenvalue weighted by molar-refractivity contribution is 5.58. The fraction of sp³-hybridized carbons (Fsp3) is 0.800. The summed E-state index contributed by atoms with van der Waals surface area (Å²) in [6.07, 6.45) is -28.0. The van der Waals surface area contributed by atoms with Gasteiger partial charge in [0.2, 0.25) is 0 Å². The van der Waals surface area contributed by atoms with E-state index >= 15 is 0 Å². The van der Waals surface area contributed by atoms with Gasteiger partial charge in [-0.1, -0.05) is 0 Å². The van der Waals surface area contributed by atoms with Crippen LogP contribution in [-0.4, -0.2) is 310 Å². The predicted octanol–water partition coefficient (Wildman–Crippen LogP) is -16.4. The monoisotopic (exact) mass is 900 g/mol. The van der Waals surface area contributed by atoms with Crippen LogP contribution in [0.5, 0.6) is 0 Å². The lowest BCUT2D eigenvalue weighted by atomic mass is 10.0. The number of hydrogen-bond acceptors (Lipinski definition) is 30. The molecule has 0 fully saturated rings. The van der Waals surface area contributed by atoms with Crippen molar-refractivity contribution in [1.82, 2.24) is 0 Å². The number of aldehydes is 6. The molecule has 0 spiro atoms. The van der Waals surface area contributed by atoms with Gasteiger partial charge in [0.25, 0.3) is 0 Å². The molecule has 0 unspecified atom stereocenters. The Balaban J connectivity index is -0.000000146. The van der Waals surface area contributed by atoms with E-state index in [1.807, 2.05) is 0 Å². The summed E-state index contributed by atoms with van der Waals surface area (Å²) >= 11 is 0. The molecule has 0 aliphatic rings. The van der Waals surface area contributed by atoms with Crippen LogP contribution in [0, 0.1) is 0 Å². The Hall–Kier alpha value is -2.94. The van der Waals surface area contributed by atoms with Gasteiger partial charge in [0.15, 0.2) is 37.7 Å². The SMILES string of the molecule is O=C[C@@H](O)[C@@H](O)[C@H](O)CO.O=C[C@@H](O)[C@H](O)CO.O=C[C@@H](O)[C@H](O)[C@H](O)CO.O=C[C@H](O)[C@@H](O)[C@H](O)CO.O=C[C@H](O)[C@H](O)[C@H](O)CO.O=C[C@H](O)[C@H](O)[C@H](O)[C@H](O)CO. The van der Waals surface area contributed by atoms with Gasteiger partial charge < -0.3 is 151 Å². The third kappa shape index (κ3) is 33.7. The standard InChI is InChI=1S/C6H12O6.4C5H10O5.C4H8O4/c7-1-3(9)5(11)6(12)4(10)2-8;4*6-1-3(8)5(10)4(9)2-7;5-1-3(7)4(8)2-6/h1,3-6,8-12H,2H2;4*1,3-5,7-10H,2H2;1,3-4,6-8H,2H2/t3-,4+,5-,6+;3-,4+,5+;3-,4+,5-;3-,4-,5+;3-,4-,5-;3-,4-/m000111/s1. The lowest BCUT2D eigenvalue weighted by Gasteiger charge is -2.22. The van der Waals surface area contributed by atoms with Crippen LogP contribution >= 0.6 is 0 Å². The Labute approximate surface area is 338 Å². The first-order valence-corrected chi connectivity index (χ1v) is 16.4. The van der Waals surface area contributed by atoms with Gasteiger partial charge in [0.1, 0.15) is 110 Å². The minimum atomic E-state index is -1.79. The third-order valence-electron chi connectivity index (χ3n) is 6.42. The van der Waals surface area contributed by atoms with Gasteiger partial charge in [-0.3, -0.25) is 0 Å². The maximum Gasteiger partial charge on any atom is 0.151 e. The van der Waals surface area contributed by atoms with E-state index in [0.717, 1.165) is 0 Å². The molecule has 0 radical (unpaired) electrons. The zero-order valence-electron chi connectivity index (χ0n) is 31.3. The molecule has 0 saturated carbocycles. The Kier molecular flexibility index (Phi) is 49.0. The van der Waals surface area contributed by atoms with Crippen molar-refractivity contribution in [3.05, 3.63) is 0 Å². The largest absolute Gasteiger partial charge is 0.394 e. The van der Waals surface area contributed by atoms with Gasteiger partial charge in [-0.05, 0) is 0 Å². The minimum Gasteiger partial charge on any atom is -0.394 e. The molecule has 18 atom stereocenters. The molecule has 0 aromatic carbocycles. The molecular formula is C30H60O30. The fourth-order valence-electron chi connectivity index (χ4n) is 2.48. The second-order valence-electron chi connectivity index (χ2n) is 11.2. The lowest BCUT2D eigenvalue weighted by Crippen LogP contribution is -2.46. The predicted molar refractivity (Wildman–Crippen MR) is 187 cm³/mol. The summed E-state index contributed by atoms with van der Waals surface area (Å²) < 4.78 is 0. The number of aliphatic hydroxyl groups is 24. The highest BCUT2D eigenvalue weighted by Gasteiger charge is 2.30. The highest BCUT2D eigenvalue weighted by Crippen LogP contribution is 2.03. The van der Waals surface area contributed by atoms with Crippen molar-refractivity contribution in [2.24, 2.45) is 0 Å².